The highest BCUT2D eigenvalue weighted by molar-refractivity contribution is 6.06. The average Bonchev–Trinajstić information content (AvgIpc) is 3.24. The molecule has 1 aliphatic heterocycles. The van der Waals surface area contributed by atoms with E-state index in [9.17, 15) is 0 Å². The first kappa shape index (κ1) is 13.3. The van der Waals surface area contributed by atoms with Gasteiger partial charge in [-0.05, 0) is 36.4 Å². The quantitative estimate of drug-likeness (QED) is 0.516. The number of hydrogen-bond acceptors (Lipinski definition) is 4. The van der Waals surface area contributed by atoms with E-state index in [1.54, 1.807) is 0 Å². The molecule has 0 unspecified atom stereocenters. The summed E-state index contributed by atoms with van der Waals surface area (Å²) in [6, 6.07) is 20.3. The molecule has 0 amide bonds. The highest BCUT2D eigenvalue weighted by atomic mass is 16.7. The van der Waals surface area contributed by atoms with Crippen molar-refractivity contribution in [2.45, 2.75) is 0 Å². The molecule has 5 rings (SSSR count). The van der Waals surface area contributed by atoms with E-state index in [-0.39, 0.29) is 6.79 Å². The third-order valence-electron chi connectivity index (χ3n) is 4.49. The Kier molecular flexibility index (Phi) is 2.73. The number of rotatable bonds is 2. The molecule has 0 atom stereocenters. The van der Waals surface area contributed by atoms with E-state index >= 15 is 0 Å². The first-order valence-electron chi connectivity index (χ1n) is 7.84. The van der Waals surface area contributed by atoms with Gasteiger partial charge < -0.3 is 18.8 Å². The third-order valence-corrected chi connectivity index (χ3v) is 4.49. The number of ether oxygens (including phenoxy) is 2. The number of nitrogens with zero attached hydrogens (tertiary/aromatic N) is 1. The highest BCUT2D eigenvalue weighted by Crippen LogP contribution is 2.38. The van der Waals surface area contributed by atoms with Crippen molar-refractivity contribution in [1.82, 2.24) is 0 Å². The van der Waals surface area contributed by atoms with Crippen molar-refractivity contribution in [1.29, 1.82) is 0 Å². The van der Waals surface area contributed by atoms with Gasteiger partial charge in [0.15, 0.2) is 11.5 Å². The third kappa shape index (κ3) is 1.93. The zero-order valence-electron chi connectivity index (χ0n) is 13.2. The van der Waals surface area contributed by atoms with Crippen molar-refractivity contribution in [2.75, 3.05) is 18.7 Å². The Morgan fingerprint density at radius 1 is 0.750 bits per heavy atom. The largest absolute Gasteiger partial charge is 0.456 e. The molecule has 4 nitrogen and oxygen atoms in total. The smallest absolute Gasteiger partial charge is 0.231 e. The van der Waals surface area contributed by atoms with Crippen LogP contribution < -0.4 is 14.4 Å². The van der Waals surface area contributed by atoms with Crippen LogP contribution in [0.15, 0.2) is 65.1 Å². The Labute approximate surface area is 138 Å². The lowest BCUT2D eigenvalue weighted by Gasteiger charge is -2.19. The fraction of sp³-hybridized carbons (Fsp3) is 0.100. The first-order chi connectivity index (χ1) is 11.8. The van der Waals surface area contributed by atoms with E-state index in [2.05, 4.69) is 23.1 Å². The maximum absolute atomic E-state index is 5.90. The molecule has 0 fully saturated rings. The Morgan fingerprint density at radius 2 is 1.50 bits per heavy atom. The fourth-order valence-corrected chi connectivity index (χ4v) is 3.17. The maximum atomic E-state index is 5.90. The molecule has 1 aromatic heterocycles. The normalized spacial score (nSPS) is 12.9. The van der Waals surface area contributed by atoms with Crippen LogP contribution in [-0.2, 0) is 0 Å². The minimum absolute atomic E-state index is 0.287. The van der Waals surface area contributed by atoms with E-state index in [0.717, 1.165) is 44.8 Å². The number of fused-ring (bicyclic) bond motifs is 4. The molecule has 24 heavy (non-hydrogen) atoms. The fourth-order valence-electron chi connectivity index (χ4n) is 3.17. The Hall–Kier alpha value is -3.14. The lowest BCUT2D eigenvalue weighted by atomic mass is 10.1. The number of benzene rings is 3. The molecule has 0 saturated carbocycles. The summed E-state index contributed by atoms with van der Waals surface area (Å²) in [6.07, 6.45) is 0. The van der Waals surface area contributed by atoms with Crippen molar-refractivity contribution in [3.8, 4) is 11.5 Å². The van der Waals surface area contributed by atoms with Crippen LogP contribution in [0, 0.1) is 0 Å². The van der Waals surface area contributed by atoms with E-state index in [1.165, 1.54) is 0 Å². The molecule has 0 spiro atoms. The van der Waals surface area contributed by atoms with E-state index < -0.39 is 0 Å². The molecule has 2 heterocycles. The topological polar surface area (TPSA) is 34.8 Å². The molecule has 4 heteroatoms. The summed E-state index contributed by atoms with van der Waals surface area (Å²) in [6.45, 7) is 0.287. The molecule has 0 saturated heterocycles. The lowest BCUT2D eigenvalue weighted by molar-refractivity contribution is 0.174. The van der Waals surface area contributed by atoms with Gasteiger partial charge in [0, 0.05) is 35.3 Å². The van der Waals surface area contributed by atoms with Crippen LogP contribution in [0.4, 0.5) is 11.4 Å². The Morgan fingerprint density at radius 3 is 2.46 bits per heavy atom. The van der Waals surface area contributed by atoms with Crippen LogP contribution in [0.2, 0.25) is 0 Å². The summed E-state index contributed by atoms with van der Waals surface area (Å²) < 4.78 is 16.8. The lowest BCUT2D eigenvalue weighted by Crippen LogP contribution is -2.08. The van der Waals surface area contributed by atoms with Gasteiger partial charge in [0.2, 0.25) is 6.79 Å². The van der Waals surface area contributed by atoms with Gasteiger partial charge in [-0.15, -0.1) is 0 Å². The van der Waals surface area contributed by atoms with Gasteiger partial charge in [-0.1, -0.05) is 18.2 Å². The number of para-hydroxylation sites is 1. The zero-order chi connectivity index (χ0) is 16.1. The summed E-state index contributed by atoms with van der Waals surface area (Å²) in [5.41, 5.74) is 3.95. The van der Waals surface area contributed by atoms with Crippen LogP contribution in [0.1, 0.15) is 0 Å². The maximum Gasteiger partial charge on any atom is 0.231 e. The predicted octanol–water partition coefficient (Wildman–Crippen LogP) is 5.08. The molecule has 0 N–H and O–H groups in total. The van der Waals surface area contributed by atoms with Gasteiger partial charge in [0.05, 0.1) is 0 Å². The van der Waals surface area contributed by atoms with Crippen molar-refractivity contribution in [2.24, 2.45) is 0 Å². The molecule has 0 bridgehead atoms. The van der Waals surface area contributed by atoms with Crippen LogP contribution >= 0.6 is 0 Å². The van der Waals surface area contributed by atoms with Gasteiger partial charge in [0.1, 0.15) is 11.2 Å². The first-order valence-corrected chi connectivity index (χ1v) is 7.84. The Bertz CT molecular complexity index is 1070. The highest BCUT2D eigenvalue weighted by Gasteiger charge is 2.16. The molecule has 0 radical (unpaired) electrons. The standard InChI is InChI=1S/C20H15NO3/c1-21(14-7-9-19-20(11-14)23-12-22-19)13-6-8-18-16(10-13)15-4-2-3-5-17(15)24-18/h2-11H,12H2,1H3. The van der Waals surface area contributed by atoms with Gasteiger partial charge in [0.25, 0.3) is 0 Å². The van der Waals surface area contributed by atoms with Gasteiger partial charge in [-0.2, -0.15) is 0 Å². The summed E-state index contributed by atoms with van der Waals surface area (Å²) in [5, 5.41) is 2.25. The molecule has 4 aromatic rings. The Balaban J connectivity index is 1.61. The minimum atomic E-state index is 0.287. The van der Waals surface area contributed by atoms with Gasteiger partial charge in [-0.3, -0.25) is 0 Å². The van der Waals surface area contributed by atoms with Crippen molar-refractivity contribution < 1.29 is 13.9 Å². The second kappa shape index (κ2) is 4.93. The minimum Gasteiger partial charge on any atom is -0.456 e. The molecule has 1 aliphatic rings. The van der Waals surface area contributed by atoms with E-state index in [0.29, 0.717) is 0 Å². The number of furan rings is 1. The van der Waals surface area contributed by atoms with E-state index in [4.69, 9.17) is 13.9 Å². The molecular formula is C20H15NO3. The summed E-state index contributed by atoms with van der Waals surface area (Å²) in [5.74, 6) is 1.58. The number of anilines is 2. The summed E-state index contributed by atoms with van der Waals surface area (Å²) >= 11 is 0. The molecule has 3 aromatic carbocycles. The van der Waals surface area contributed by atoms with Gasteiger partial charge >= 0.3 is 0 Å². The second-order valence-electron chi connectivity index (χ2n) is 5.88. The van der Waals surface area contributed by atoms with Crippen LogP contribution in [0.5, 0.6) is 11.5 Å². The van der Waals surface area contributed by atoms with Crippen molar-refractivity contribution in [3.63, 3.8) is 0 Å². The van der Waals surface area contributed by atoms with Crippen molar-refractivity contribution in [3.05, 3.63) is 60.7 Å². The summed E-state index contributed by atoms with van der Waals surface area (Å²) in [4.78, 5) is 2.13. The summed E-state index contributed by atoms with van der Waals surface area (Å²) in [7, 11) is 2.04. The molecule has 118 valence electrons. The average molecular weight is 317 g/mol. The monoisotopic (exact) mass is 317 g/mol. The van der Waals surface area contributed by atoms with E-state index in [1.807, 2.05) is 49.5 Å². The van der Waals surface area contributed by atoms with Crippen molar-refractivity contribution >= 4 is 33.3 Å². The molecular weight excluding hydrogens is 302 g/mol. The SMILES string of the molecule is CN(c1ccc2c(c1)OCO2)c1ccc2oc3ccccc3c2c1. The zero-order valence-corrected chi connectivity index (χ0v) is 13.2. The van der Waals surface area contributed by atoms with Crippen LogP contribution in [0.3, 0.4) is 0 Å². The second-order valence-corrected chi connectivity index (χ2v) is 5.88. The predicted molar refractivity (Wildman–Crippen MR) is 94.3 cm³/mol. The van der Waals surface area contributed by atoms with Crippen LogP contribution in [0.25, 0.3) is 21.9 Å². The molecule has 0 aliphatic carbocycles. The number of hydrogen-bond donors (Lipinski definition) is 0. The van der Waals surface area contributed by atoms with Crippen LogP contribution in [-0.4, -0.2) is 13.8 Å². The van der Waals surface area contributed by atoms with Gasteiger partial charge in [-0.25, -0.2) is 0 Å².